The summed E-state index contributed by atoms with van der Waals surface area (Å²) in [5.74, 6) is 0.805. The number of halogens is 2. The minimum atomic E-state index is -0.109. The van der Waals surface area contributed by atoms with Crippen molar-refractivity contribution >= 4 is 46.4 Å². The van der Waals surface area contributed by atoms with Crippen molar-refractivity contribution in [2.45, 2.75) is 25.4 Å². The van der Waals surface area contributed by atoms with Crippen molar-refractivity contribution < 1.29 is 14.3 Å². The first kappa shape index (κ1) is 26.0. The number of hydrogen-bond donors (Lipinski definition) is 0. The monoisotopic (exact) mass is 557 g/mol. The van der Waals surface area contributed by atoms with E-state index in [-0.39, 0.29) is 23.9 Å². The second-order valence-corrected chi connectivity index (χ2v) is 11.3. The molecular weight excluding hydrogens is 529 g/mol. The second kappa shape index (κ2) is 11.0. The molecular formula is C28H29Cl2N3O3S. The lowest BCUT2D eigenvalue weighted by molar-refractivity contribution is -0.135. The van der Waals surface area contributed by atoms with Gasteiger partial charge in [0, 0.05) is 42.7 Å². The standard InChI is InChI=1S/C28H29Cl2N3O3S/c1-18-16-31(12-13-33(18)28(35)20-5-8-23(29)24(30)15-20)26(34)17-32-11-9-25-22(10-14-37-25)27(32)19-3-6-21(36-2)7-4-19/h3-8,10,14-15,18,27H,9,11-13,16-17H2,1-2H3/t18-,27-/m1/s1. The summed E-state index contributed by atoms with van der Waals surface area (Å²) in [5.41, 5.74) is 2.93. The van der Waals surface area contributed by atoms with Crippen LogP contribution in [0, 0.1) is 0 Å². The van der Waals surface area contributed by atoms with Crippen LogP contribution in [0.25, 0.3) is 0 Å². The van der Waals surface area contributed by atoms with Crippen molar-refractivity contribution in [3.8, 4) is 5.75 Å². The number of ether oxygens (including phenoxy) is 1. The molecule has 1 aromatic heterocycles. The van der Waals surface area contributed by atoms with Gasteiger partial charge in [-0.3, -0.25) is 14.5 Å². The van der Waals surface area contributed by atoms with Crippen molar-refractivity contribution in [1.82, 2.24) is 14.7 Å². The maximum absolute atomic E-state index is 13.5. The number of benzene rings is 2. The van der Waals surface area contributed by atoms with Crippen LogP contribution in [0.1, 0.15) is 39.3 Å². The third-order valence-electron chi connectivity index (χ3n) is 7.24. The molecule has 3 aromatic rings. The van der Waals surface area contributed by atoms with E-state index in [1.54, 1.807) is 36.6 Å². The Labute approximate surface area is 231 Å². The van der Waals surface area contributed by atoms with Gasteiger partial charge >= 0.3 is 0 Å². The predicted octanol–water partition coefficient (Wildman–Crippen LogP) is 5.38. The van der Waals surface area contributed by atoms with Gasteiger partial charge < -0.3 is 14.5 Å². The van der Waals surface area contributed by atoms with Gasteiger partial charge in [0.15, 0.2) is 0 Å². The van der Waals surface area contributed by atoms with Crippen molar-refractivity contribution in [2.24, 2.45) is 0 Å². The van der Waals surface area contributed by atoms with Gasteiger partial charge in [0.25, 0.3) is 5.91 Å². The second-order valence-electron chi connectivity index (χ2n) is 9.51. The van der Waals surface area contributed by atoms with Crippen molar-refractivity contribution in [2.75, 3.05) is 39.8 Å². The molecule has 0 spiro atoms. The molecule has 1 fully saturated rings. The predicted molar refractivity (Wildman–Crippen MR) is 148 cm³/mol. The number of thiophene rings is 1. The molecule has 37 heavy (non-hydrogen) atoms. The maximum atomic E-state index is 13.5. The molecule has 3 heterocycles. The van der Waals surface area contributed by atoms with Crippen LogP contribution in [0.15, 0.2) is 53.9 Å². The highest BCUT2D eigenvalue weighted by Gasteiger charge is 2.34. The molecule has 0 saturated carbocycles. The number of carbonyl (C=O) groups excluding carboxylic acids is 2. The van der Waals surface area contributed by atoms with E-state index in [2.05, 4.69) is 28.5 Å². The highest BCUT2D eigenvalue weighted by Crippen LogP contribution is 2.38. The third-order valence-corrected chi connectivity index (χ3v) is 8.98. The summed E-state index contributed by atoms with van der Waals surface area (Å²) in [5, 5.41) is 2.91. The van der Waals surface area contributed by atoms with Gasteiger partial charge in [-0.05, 0) is 66.2 Å². The van der Waals surface area contributed by atoms with Crippen LogP contribution >= 0.6 is 34.5 Å². The Morgan fingerprint density at radius 1 is 1.03 bits per heavy atom. The Morgan fingerprint density at radius 2 is 1.81 bits per heavy atom. The average Bonchev–Trinajstić information content (AvgIpc) is 3.39. The number of carbonyl (C=O) groups is 2. The molecule has 2 amide bonds. The highest BCUT2D eigenvalue weighted by molar-refractivity contribution is 7.10. The summed E-state index contributed by atoms with van der Waals surface area (Å²) in [6.07, 6.45) is 0.940. The van der Waals surface area contributed by atoms with Crippen molar-refractivity contribution in [1.29, 1.82) is 0 Å². The highest BCUT2D eigenvalue weighted by atomic mass is 35.5. The molecule has 0 radical (unpaired) electrons. The molecule has 6 nitrogen and oxygen atoms in total. The van der Waals surface area contributed by atoms with Crippen molar-refractivity contribution in [3.63, 3.8) is 0 Å². The molecule has 5 rings (SSSR count). The van der Waals surface area contributed by atoms with Crippen LogP contribution in [0.3, 0.4) is 0 Å². The maximum Gasteiger partial charge on any atom is 0.254 e. The third kappa shape index (κ3) is 5.36. The minimum absolute atomic E-state index is 0.0276. The van der Waals surface area contributed by atoms with E-state index in [1.807, 2.05) is 28.9 Å². The Morgan fingerprint density at radius 3 is 2.51 bits per heavy atom. The zero-order chi connectivity index (χ0) is 26.1. The van der Waals surface area contributed by atoms with E-state index in [0.717, 1.165) is 24.3 Å². The topological polar surface area (TPSA) is 53.1 Å². The minimum Gasteiger partial charge on any atom is -0.497 e. The van der Waals surface area contributed by atoms with Gasteiger partial charge in [-0.25, -0.2) is 0 Å². The van der Waals surface area contributed by atoms with Crippen molar-refractivity contribution in [3.05, 3.63) is 85.5 Å². The summed E-state index contributed by atoms with van der Waals surface area (Å²) in [7, 11) is 1.66. The van der Waals surface area contributed by atoms with Gasteiger partial charge in [-0.15, -0.1) is 11.3 Å². The first-order valence-electron chi connectivity index (χ1n) is 12.3. The van der Waals surface area contributed by atoms with Gasteiger partial charge in [0.05, 0.1) is 29.7 Å². The van der Waals surface area contributed by atoms with E-state index < -0.39 is 0 Å². The largest absolute Gasteiger partial charge is 0.497 e. The normalized spacial score (nSPS) is 20.0. The molecule has 2 atom stereocenters. The number of fused-ring (bicyclic) bond motifs is 1. The van der Waals surface area contributed by atoms with Crippen LogP contribution < -0.4 is 4.74 Å². The lowest BCUT2D eigenvalue weighted by atomic mass is 9.93. The Kier molecular flexibility index (Phi) is 7.77. The molecule has 0 N–H and O–H groups in total. The first-order valence-corrected chi connectivity index (χ1v) is 14.0. The number of rotatable bonds is 5. The molecule has 2 aromatic carbocycles. The first-order chi connectivity index (χ1) is 17.9. The van der Waals surface area contributed by atoms with Gasteiger partial charge in [0.1, 0.15) is 5.75 Å². The SMILES string of the molecule is COc1ccc([C@@H]2c3ccsc3CCN2CC(=O)N2CCN(C(=O)c3ccc(Cl)c(Cl)c3)[C@H](C)C2)cc1. The fourth-order valence-electron chi connectivity index (χ4n) is 5.27. The number of piperazine rings is 1. The number of methoxy groups -OCH3 is 1. The van der Waals surface area contributed by atoms with Crippen LogP contribution in [-0.2, 0) is 11.2 Å². The Balaban J connectivity index is 1.27. The zero-order valence-corrected chi connectivity index (χ0v) is 23.2. The Hall–Kier alpha value is -2.58. The molecule has 194 valence electrons. The molecule has 2 aliphatic rings. The van der Waals surface area contributed by atoms with Crippen LogP contribution in [0.5, 0.6) is 5.75 Å². The van der Waals surface area contributed by atoms with Crippen LogP contribution in [-0.4, -0.2) is 72.4 Å². The summed E-state index contributed by atoms with van der Waals surface area (Å²) < 4.78 is 5.34. The molecule has 1 saturated heterocycles. The lowest BCUT2D eigenvalue weighted by Crippen LogP contribution is -2.57. The number of nitrogens with zero attached hydrogens (tertiary/aromatic N) is 3. The summed E-state index contributed by atoms with van der Waals surface area (Å²) in [6.45, 7) is 4.61. The summed E-state index contributed by atoms with van der Waals surface area (Å²) in [6, 6.07) is 15.1. The average molecular weight is 559 g/mol. The van der Waals surface area contributed by atoms with E-state index in [1.165, 1.54) is 10.4 Å². The molecule has 0 bridgehead atoms. The molecule has 0 aliphatic carbocycles. The van der Waals surface area contributed by atoms with Crippen LogP contribution in [0.4, 0.5) is 0 Å². The number of hydrogen-bond acceptors (Lipinski definition) is 5. The molecule has 0 unspecified atom stereocenters. The number of amides is 2. The van der Waals surface area contributed by atoms with Gasteiger partial charge in [-0.1, -0.05) is 35.3 Å². The van der Waals surface area contributed by atoms with Gasteiger partial charge in [0.2, 0.25) is 5.91 Å². The summed E-state index contributed by atoms with van der Waals surface area (Å²) in [4.78, 5) is 34.0. The van der Waals surface area contributed by atoms with E-state index in [4.69, 9.17) is 27.9 Å². The Bertz CT molecular complexity index is 1300. The smallest absolute Gasteiger partial charge is 0.254 e. The zero-order valence-electron chi connectivity index (χ0n) is 20.8. The van der Waals surface area contributed by atoms with E-state index >= 15 is 0 Å². The van der Waals surface area contributed by atoms with E-state index in [0.29, 0.717) is 41.8 Å². The summed E-state index contributed by atoms with van der Waals surface area (Å²) >= 11 is 13.9. The molecule has 9 heteroatoms. The van der Waals surface area contributed by atoms with E-state index in [9.17, 15) is 9.59 Å². The van der Waals surface area contributed by atoms with Gasteiger partial charge in [-0.2, -0.15) is 0 Å². The lowest BCUT2D eigenvalue weighted by Gasteiger charge is -2.42. The van der Waals surface area contributed by atoms with Crippen LogP contribution in [0.2, 0.25) is 10.0 Å². The fourth-order valence-corrected chi connectivity index (χ4v) is 6.47. The quantitative estimate of drug-likeness (QED) is 0.422. The molecule has 2 aliphatic heterocycles. The fraction of sp³-hybridized carbons (Fsp3) is 0.357.